The van der Waals surface area contributed by atoms with E-state index in [0.29, 0.717) is 22.6 Å². The van der Waals surface area contributed by atoms with Crippen LogP contribution in [0.1, 0.15) is 19.4 Å². The minimum atomic E-state index is -4.38. The van der Waals surface area contributed by atoms with Crippen LogP contribution in [0.2, 0.25) is 0 Å². The van der Waals surface area contributed by atoms with Gasteiger partial charge in [-0.05, 0) is 49.4 Å². The number of nitrogens with zero attached hydrogens (tertiary/aromatic N) is 7. The fourth-order valence-electron chi connectivity index (χ4n) is 3.82. The molecule has 0 amide bonds. The number of hydrogen-bond acceptors (Lipinski definition) is 14. The first-order valence-corrected chi connectivity index (χ1v) is 14.5. The number of ether oxygens (including phenoxy) is 3. The highest BCUT2D eigenvalue weighted by Gasteiger charge is 2.27. The highest BCUT2D eigenvalue weighted by atomic mass is 32.2. The van der Waals surface area contributed by atoms with Gasteiger partial charge < -0.3 is 24.4 Å². The molecule has 4 aromatic heterocycles. The Kier molecular flexibility index (Phi) is 8.61. The molecule has 5 aromatic rings. The quantitative estimate of drug-likeness (QED) is 0.157. The summed E-state index contributed by atoms with van der Waals surface area (Å²) in [4.78, 5) is 17.2. The minimum absolute atomic E-state index is 0.0144. The van der Waals surface area contributed by atoms with Crippen LogP contribution < -0.4 is 18.9 Å². The molecule has 0 saturated heterocycles. The standard InChI is InChI=1S/C27H27N9O7S/c1-27(2,38)17-8-9-21(29-15-17)44(39,40)34-25-22(43-20-7-5-4-6-19(20)41-3)26(42-13-12-37)31-23(30-25)16-10-11-28-18(14-16)24-32-35-36-33-24/h4-11,14-15,37-38H,12-13H2,1-3H3,(H,30,31,34)(H,32,33,35,36). The third kappa shape index (κ3) is 6.69. The fraction of sp³-hybridized carbons (Fsp3) is 0.222. The van der Waals surface area contributed by atoms with Crippen LogP contribution in [0.15, 0.2) is 66.0 Å². The lowest BCUT2D eigenvalue weighted by molar-refractivity contribution is 0.0781. The van der Waals surface area contributed by atoms with E-state index in [0.717, 1.165) is 0 Å². The maximum Gasteiger partial charge on any atom is 0.280 e. The van der Waals surface area contributed by atoms with Crippen molar-refractivity contribution in [1.82, 2.24) is 40.6 Å². The number of aliphatic hydroxyl groups excluding tert-OH is 1. The van der Waals surface area contributed by atoms with Crippen molar-refractivity contribution in [3.8, 4) is 46.0 Å². The van der Waals surface area contributed by atoms with E-state index >= 15 is 0 Å². The number of benzene rings is 1. The first-order chi connectivity index (χ1) is 21.1. The smallest absolute Gasteiger partial charge is 0.280 e. The van der Waals surface area contributed by atoms with E-state index in [1.807, 2.05) is 0 Å². The highest BCUT2D eigenvalue weighted by Crippen LogP contribution is 2.41. The largest absolute Gasteiger partial charge is 0.493 e. The Morgan fingerprint density at radius 1 is 1.02 bits per heavy atom. The number of para-hydroxylation sites is 2. The first-order valence-electron chi connectivity index (χ1n) is 13.0. The van der Waals surface area contributed by atoms with Gasteiger partial charge in [0.25, 0.3) is 15.9 Å². The van der Waals surface area contributed by atoms with Gasteiger partial charge in [-0.2, -0.15) is 18.6 Å². The number of rotatable bonds is 12. The first kappa shape index (κ1) is 30.2. The van der Waals surface area contributed by atoms with Crippen molar-refractivity contribution < 1.29 is 32.8 Å². The molecule has 228 valence electrons. The van der Waals surface area contributed by atoms with Crippen LogP contribution in [-0.2, 0) is 15.6 Å². The van der Waals surface area contributed by atoms with Gasteiger partial charge in [0.2, 0.25) is 11.6 Å². The Morgan fingerprint density at radius 3 is 2.48 bits per heavy atom. The summed E-state index contributed by atoms with van der Waals surface area (Å²) in [5, 5.41) is 33.2. The van der Waals surface area contributed by atoms with Gasteiger partial charge in [0.1, 0.15) is 12.3 Å². The molecular weight excluding hydrogens is 594 g/mol. The molecule has 0 aliphatic rings. The molecule has 4 N–H and O–H groups in total. The maximum atomic E-state index is 13.6. The number of methoxy groups -OCH3 is 1. The monoisotopic (exact) mass is 621 g/mol. The molecular formula is C27H27N9O7S. The third-order valence-corrected chi connectivity index (χ3v) is 7.24. The second-order valence-corrected chi connectivity index (χ2v) is 11.2. The van der Waals surface area contributed by atoms with Gasteiger partial charge in [0.05, 0.1) is 19.3 Å². The summed E-state index contributed by atoms with van der Waals surface area (Å²) in [5.74, 6) is 0.0616. The number of aromatic amines is 1. The molecule has 0 bridgehead atoms. The van der Waals surface area contributed by atoms with E-state index in [1.165, 1.54) is 31.6 Å². The summed E-state index contributed by atoms with van der Waals surface area (Å²) in [6.45, 7) is 2.54. The van der Waals surface area contributed by atoms with E-state index in [4.69, 9.17) is 14.2 Å². The average Bonchev–Trinajstić information content (AvgIpc) is 3.56. The molecule has 0 aliphatic heterocycles. The lowest BCUT2D eigenvalue weighted by atomic mass is 10.0. The molecule has 0 unspecified atom stereocenters. The molecule has 0 fully saturated rings. The summed E-state index contributed by atoms with van der Waals surface area (Å²) in [5.41, 5.74) is -0.0873. The lowest BCUT2D eigenvalue weighted by Crippen LogP contribution is -2.19. The van der Waals surface area contributed by atoms with Crippen LogP contribution >= 0.6 is 0 Å². The second-order valence-electron chi connectivity index (χ2n) is 9.57. The zero-order valence-corrected chi connectivity index (χ0v) is 24.5. The fourth-order valence-corrected chi connectivity index (χ4v) is 4.75. The molecule has 17 heteroatoms. The number of sulfonamides is 1. The van der Waals surface area contributed by atoms with Gasteiger partial charge >= 0.3 is 0 Å². The van der Waals surface area contributed by atoms with Gasteiger partial charge in [-0.3, -0.25) is 9.71 Å². The SMILES string of the molecule is COc1ccccc1Oc1c(NS(=O)(=O)c2ccc(C(C)(C)O)cn2)nc(-c2ccnc(-c3nn[nH]n3)c2)nc1OCCO. The molecule has 0 aliphatic carbocycles. The van der Waals surface area contributed by atoms with Gasteiger partial charge in [-0.25, -0.2) is 9.97 Å². The van der Waals surface area contributed by atoms with Crippen molar-refractivity contribution in [2.45, 2.75) is 24.5 Å². The van der Waals surface area contributed by atoms with Gasteiger partial charge in [-0.1, -0.05) is 18.2 Å². The zero-order chi connectivity index (χ0) is 31.3. The Bertz CT molecular complexity index is 1850. The van der Waals surface area contributed by atoms with Gasteiger partial charge in [0.15, 0.2) is 28.2 Å². The number of pyridine rings is 2. The summed E-state index contributed by atoms with van der Waals surface area (Å²) in [7, 11) is -2.93. The molecule has 0 spiro atoms. The van der Waals surface area contributed by atoms with E-state index in [2.05, 4.69) is 45.3 Å². The second kappa shape index (κ2) is 12.5. The molecule has 4 heterocycles. The number of nitrogens with one attached hydrogen (secondary N) is 2. The van der Waals surface area contributed by atoms with Crippen molar-refractivity contribution >= 4 is 15.8 Å². The van der Waals surface area contributed by atoms with Crippen molar-refractivity contribution in [2.75, 3.05) is 25.0 Å². The van der Waals surface area contributed by atoms with Crippen molar-refractivity contribution in [3.63, 3.8) is 0 Å². The van der Waals surface area contributed by atoms with E-state index in [-0.39, 0.29) is 53.1 Å². The van der Waals surface area contributed by atoms with E-state index in [9.17, 15) is 18.6 Å². The van der Waals surface area contributed by atoms with E-state index in [1.54, 1.807) is 50.2 Å². The molecule has 16 nitrogen and oxygen atoms in total. The predicted octanol–water partition coefficient (Wildman–Crippen LogP) is 2.31. The number of aliphatic hydroxyl groups is 2. The van der Waals surface area contributed by atoms with Crippen LogP contribution in [-0.4, -0.2) is 79.5 Å². The molecule has 5 rings (SSSR count). The van der Waals surface area contributed by atoms with Crippen molar-refractivity contribution in [1.29, 1.82) is 0 Å². The number of H-pyrrole nitrogens is 1. The average molecular weight is 622 g/mol. The van der Waals surface area contributed by atoms with Gasteiger partial charge in [-0.15, -0.1) is 10.2 Å². The topological polar surface area (TPSA) is 220 Å². The van der Waals surface area contributed by atoms with Crippen molar-refractivity contribution in [3.05, 3.63) is 66.5 Å². The number of tetrazole rings is 1. The molecule has 0 atom stereocenters. The molecule has 44 heavy (non-hydrogen) atoms. The number of aromatic nitrogens is 8. The van der Waals surface area contributed by atoms with E-state index < -0.39 is 15.6 Å². The van der Waals surface area contributed by atoms with Crippen LogP contribution in [0.25, 0.3) is 22.9 Å². The van der Waals surface area contributed by atoms with Crippen LogP contribution in [0.5, 0.6) is 23.1 Å². The zero-order valence-electron chi connectivity index (χ0n) is 23.7. The predicted molar refractivity (Wildman–Crippen MR) is 154 cm³/mol. The van der Waals surface area contributed by atoms with Crippen LogP contribution in [0, 0.1) is 0 Å². The maximum absolute atomic E-state index is 13.6. The highest BCUT2D eigenvalue weighted by molar-refractivity contribution is 7.92. The minimum Gasteiger partial charge on any atom is -0.493 e. The third-order valence-electron chi connectivity index (χ3n) is 5.99. The van der Waals surface area contributed by atoms with Gasteiger partial charge in [0, 0.05) is 23.5 Å². The van der Waals surface area contributed by atoms with Crippen molar-refractivity contribution in [2.24, 2.45) is 0 Å². The normalized spacial score (nSPS) is 11.7. The Morgan fingerprint density at radius 2 is 1.82 bits per heavy atom. The number of anilines is 1. The Labute approximate surface area is 251 Å². The lowest BCUT2D eigenvalue weighted by Gasteiger charge is -2.19. The number of hydrogen-bond donors (Lipinski definition) is 4. The Balaban J connectivity index is 1.65. The van der Waals surface area contributed by atoms with Crippen LogP contribution in [0.3, 0.4) is 0 Å². The molecule has 0 radical (unpaired) electrons. The summed E-state index contributed by atoms with van der Waals surface area (Å²) < 4.78 is 46.8. The Hall–Kier alpha value is -5.26. The summed E-state index contributed by atoms with van der Waals surface area (Å²) in [6, 6.07) is 12.5. The summed E-state index contributed by atoms with van der Waals surface area (Å²) in [6.07, 6.45) is 2.73. The molecule has 0 saturated carbocycles. The summed E-state index contributed by atoms with van der Waals surface area (Å²) >= 11 is 0. The van der Waals surface area contributed by atoms with Crippen LogP contribution in [0.4, 0.5) is 5.82 Å². The molecule has 1 aromatic carbocycles.